The Hall–Kier alpha value is -1.23. The van der Waals surface area contributed by atoms with Crippen LogP contribution in [-0.4, -0.2) is 12.5 Å². The van der Waals surface area contributed by atoms with E-state index in [4.69, 9.17) is 11.6 Å². The minimum absolute atomic E-state index is 0.117. The summed E-state index contributed by atoms with van der Waals surface area (Å²) in [5, 5.41) is 0. The van der Waals surface area contributed by atoms with Gasteiger partial charge in [0.15, 0.2) is 17.4 Å². The van der Waals surface area contributed by atoms with Crippen LogP contribution in [0.5, 0.6) is 5.75 Å². The minimum Gasteiger partial charge on any atom is -0.483 e. The third-order valence-corrected chi connectivity index (χ3v) is 1.83. The first kappa shape index (κ1) is 12.8. The molecule has 0 fully saturated rings. The Labute approximate surface area is 94.3 Å². The van der Waals surface area contributed by atoms with Gasteiger partial charge in [0, 0.05) is 11.9 Å². The molecule has 0 bridgehead atoms. The molecule has 0 saturated carbocycles. The van der Waals surface area contributed by atoms with Crippen molar-refractivity contribution in [2.24, 2.45) is 0 Å². The molecule has 0 radical (unpaired) electrons. The summed E-state index contributed by atoms with van der Waals surface area (Å²) < 4.78 is 55.9. The summed E-state index contributed by atoms with van der Waals surface area (Å²) in [5.41, 5.74) is 0. The van der Waals surface area contributed by atoms with Crippen molar-refractivity contribution in [3.8, 4) is 5.75 Å². The summed E-state index contributed by atoms with van der Waals surface area (Å²) in [7, 11) is 0. The minimum atomic E-state index is -1.56. The van der Waals surface area contributed by atoms with Gasteiger partial charge in [0.25, 0.3) is 0 Å². The van der Waals surface area contributed by atoms with E-state index in [0.717, 1.165) is 0 Å². The summed E-state index contributed by atoms with van der Waals surface area (Å²) in [6, 6.07) is 0.117. The molecule has 0 heterocycles. The van der Waals surface area contributed by atoms with Gasteiger partial charge in [-0.3, -0.25) is 0 Å². The molecule has 0 N–H and O–H groups in total. The highest BCUT2D eigenvalue weighted by Gasteiger charge is 2.19. The van der Waals surface area contributed by atoms with Crippen LogP contribution in [0.1, 0.15) is 0 Å². The Balaban J connectivity index is 2.90. The Morgan fingerprint density at radius 1 is 1.06 bits per heavy atom. The zero-order valence-corrected chi connectivity index (χ0v) is 8.70. The molecule has 0 unspecified atom stereocenters. The third-order valence-electron chi connectivity index (χ3n) is 1.65. The number of rotatable bonds is 4. The molecule has 1 aromatic rings. The SMILES string of the molecule is Fc1cc(F)c(F)c(OC/C=C/CCl)c1F. The van der Waals surface area contributed by atoms with Gasteiger partial charge in [-0.25, -0.2) is 8.78 Å². The first-order valence-electron chi connectivity index (χ1n) is 4.24. The van der Waals surface area contributed by atoms with Gasteiger partial charge in [-0.2, -0.15) is 8.78 Å². The normalized spacial score (nSPS) is 11.1. The molecule has 1 nitrogen and oxygen atoms in total. The second-order valence-electron chi connectivity index (χ2n) is 2.73. The molecule has 88 valence electrons. The molecule has 0 aromatic heterocycles. The molecule has 0 aliphatic heterocycles. The molecule has 0 spiro atoms. The summed E-state index contributed by atoms with van der Waals surface area (Å²) in [4.78, 5) is 0. The van der Waals surface area contributed by atoms with E-state index < -0.39 is 29.0 Å². The number of allylic oxidation sites excluding steroid dienone is 1. The first-order chi connectivity index (χ1) is 7.57. The monoisotopic (exact) mass is 254 g/mol. The fraction of sp³-hybridized carbons (Fsp3) is 0.200. The lowest BCUT2D eigenvalue weighted by Gasteiger charge is -2.07. The molecule has 0 aliphatic rings. The van der Waals surface area contributed by atoms with E-state index in [1.54, 1.807) is 0 Å². The van der Waals surface area contributed by atoms with Crippen molar-refractivity contribution in [3.63, 3.8) is 0 Å². The van der Waals surface area contributed by atoms with Crippen molar-refractivity contribution < 1.29 is 22.3 Å². The number of alkyl halides is 1. The highest BCUT2D eigenvalue weighted by molar-refractivity contribution is 6.18. The van der Waals surface area contributed by atoms with Crippen molar-refractivity contribution in [1.82, 2.24) is 0 Å². The molecule has 16 heavy (non-hydrogen) atoms. The van der Waals surface area contributed by atoms with Crippen molar-refractivity contribution in [3.05, 3.63) is 41.5 Å². The maximum atomic E-state index is 13.0. The van der Waals surface area contributed by atoms with Gasteiger partial charge >= 0.3 is 0 Å². The van der Waals surface area contributed by atoms with E-state index in [-0.39, 0.29) is 18.6 Å². The van der Waals surface area contributed by atoms with E-state index in [1.165, 1.54) is 12.2 Å². The Morgan fingerprint density at radius 3 is 2.12 bits per heavy atom. The van der Waals surface area contributed by atoms with Gasteiger partial charge in [-0.1, -0.05) is 12.2 Å². The first-order valence-corrected chi connectivity index (χ1v) is 4.78. The maximum absolute atomic E-state index is 13.0. The molecule has 0 amide bonds. The smallest absolute Gasteiger partial charge is 0.203 e. The van der Waals surface area contributed by atoms with Crippen LogP contribution >= 0.6 is 11.6 Å². The zero-order chi connectivity index (χ0) is 12.1. The fourth-order valence-corrected chi connectivity index (χ4v) is 1.07. The number of halogens is 5. The summed E-state index contributed by atoms with van der Waals surface area (Å²) in [6.07, 6.45) is 2.84. The van der Waals surface area contributed by atoms with Crippen molar-refractivity contribution in [2.45, 2.75) is 0 Å². The fourth-order valence-electron chi connectivity index (χ4n) is 0.940. The lowest BCUT2D eigenvalue weighted by Crippen LogP contribution is -2.03. The lowest BCUT2D eigenvalue weighted by atomic mass is 10.3. The maximum Gasteiger partial charge on any atom is 0.203 e. The lowest BCUT2D eigenvalue weighted by molar-refractivity contribution is 0.301. The summed E-state index contributed by atoms with van der Waals surface area (Å²) >= 11 is 5.29. The molecule has 0 atom stereocenters. The van der Waals surface area contributed by atoms with Gasteiger partial charge < -0.3 is 4.74 Å². The van der Waals surface area contributed by atoms with Crippen LogP contribution in [0.3, 0.4) is 0 Å². The number of ether oxygens (including phenoxy) is 1. The third kappa shape index (κ3) is 2.88. The predicted molar refractivity (Wildman–Crippen MR) is 51.6 cm³/mol. The summed E-state index contributed by atoms with van der Waals surface area (Å²) in [5.74, 6) is -7.00. The Bertz CT molecular complexity index is 380. The van der Waals surface area contributed by atoms with Gasteiger partial charge in [-0.05, 0) is 0 Å². The average Bonchev–Trinajstić information content (AvgIpc) is 2.25. The second-order valence-corrected chi connectivity index (χ2v) is 3.04. The van der Waals surface area contributed by atoms with E-state index in [9.17, 15) is 17.6 Å². The standard InChI is InChI=1S/C10H7ClF4O/c11-3-1-2-4-16-10-8(14)6(12)5-7(13)9(10)15/h1-2,5H,3-4H2/b2-1+. The molecule has 6 heteroatoms. The molecular weight excluding hydrogens is 248 g/mol. The molecule has 1 rings (SSSR count). The predicted octanol–water partition coefficient (Wildman–Crippen LogP) is 3.42. The van der Waals surface area contributed by atoms with Crippen LogP contribution in [0, 0.1) is 23.3 Å². The van der Waals surface area contributed by atoms with Gasteiger partial charge in [0.1, 0.15) is 6.61 Å². The highest BCUT2D eigenvalue weighted by Crippen LogP contribution is 2.26. The van der Waals surface area contributed by atoms with Gasteiger partial charge in [-0.15, -0.1) is 11.6 Å². The van der Waals surface area contributed by atoms with Gasteiger partial charge in [0.05, 0.1) is 0 Å². The highest BCUT2D eigenvalue weighted by atomic mass is 35.5. The molecule has 0 saturated heterocycles. The van der Waals surface area contributed by atoms with E-state index in [0.29, 0.717) is 0 Å². The summed E-state index contributed by atoms with van der Waals surface area (Å²) in [6.45, 7) is -0.233. The molecular formula is C10H7ClF4O. The van der Waals surface area contributed by atoms with Gasteiger partial charge in [0.2, 0.25) is 11.6 Å². The molecule has 0 aliphatic carbocycles. The van der Waals surface area contributed by atoms with Crippen LogP contribution in [0.2, 0.25) is 0 Å². The van der Waals surface area contributed by atoms with Crippen LogP contribution < -0.4 is 4.74 Å². The Morgan fingerprint density at radius 2 is 1.62 bits per heavy atom. The number of hydrogen-bond acceptors (Lipinski definition) is 1. The van der Waals surface area contributed by atoms with Crippen LogP contribution in [0.15, 0.2) is 18.2 Å². The van der Waals surface area contributed by atoms with E-state index >= 15 is 0 Å². The van der Waals surface area contributed by atoms with Crippen LogP contribution in [0.4, 0.5) is 17.6 Å². The molecule has 1 aromatic carbocycles. The zero-order valence-electron chi connectivity index (χ0n) is 7.94. The van der Waals surface area contributed by atoms with Crippen molar-refractivity contribution >= 4 is 11.6 Å². The average molecular weight is 255 g/mol. The van der Waals surface area contributed by atoms with Crippen LogP contribution in [-0.2, 0) is 0 Å². The number of benzene rings is 1. The Kier molecular flexibility index (Phi) is 4.61. The topological polar surface area (TPSA) is 9.23 Å². The largest absolute Gasteiger partial charge is 0.483 e. The number of hydrogen-bond donors (Lipinski definition) is 0. The second kappa shape index (κ2) is 5.75. The van der Waals surface area contributed by atoms with Crippen molar-refractivity contribution in [1.29, 1.82) is 0 Å². The van der Waals surface area contributed by atoms with E-state index in [1.807, 2.05) is 0 Å². The van der Waals surface area contributed by atoms with Crippen LogP contribution in [0.25, 0.3) is 0 Å². The quantitative estimate of drug-likeness (QED) is 0.346. The van der Waals surface area contributed by atoms with Crippen molar-refractivity contribution in [2.75, 3.05) is 12.5 Å². The van der Waals surface area contributed by atoms with E-state index in [2.05, 4.69) is 4.74 Å².